The highest BCUT2D eigenvalue weighted by molar-refractivity contribution is 7.18. The Morgan fingerprint density at radius 2 is 2.07 bits per heavy atom. The minimum Gasteiger partial charge on any atom is -0.494 e. The highest BCUT2D eigenvalue weighted by Crippen LogP contribution is 2.35. The van der Waals surface area contributed by atoms with Crippen LogP contribution in [0.5, 0.6) is 5.75 Å². The lowest BCUT2D eigenvalue weighted by molar-refractivity contribution is 0.302. The minimum absolute atomic E-state index is 0.133. The van der Waals surface area contributed by atoms with Crippen LogP contribution in [0.1, 0.15) is 42.5 Å². The summed E-state index contributed by atoms with van der Waals surface area (Å²) < 4.78 is 7.58. The van der Waals surface area contributed by atoms with Crippen molar-refractivity contribution < 1.29 is 4.74 Å². The molecule has 1 aliphatic carbocycles. The van der Waals surface area contributed by atoms with Gasteiger partial charge in [-0.05, 0) is 74.8 Å². The molecule has 2 aromatic heterocycles. The van der Waals surface area contributed by atoms with Crippen molar-refractivity contribution in [3.63, 3.8) is 0 Å². The molecule has 4 nitrogen and oxygen atoms in total. The van der Waals surface area contributed by atoms with E-state index in [4.69, 9.17) is 21.3 Å². The first kappa shape index (κ1) is 19.5. The van der Waals surface area contributed by atoms with E-state index >= 15 is 0 Å². The van der Waals surface area contributed by atoms with Gasteiger partial charge in [-0.15, -0.1) is 11.3 Å². The van der Waals surface area contributed by atoms with Crippen LogP contribution in [0.4, 0.5) is 0 Å². The normalized spacial score (nSPS) is 16.3. The number of thiophene rings is 1. The van der Waals surface area contributed by atoms with Crippen molar-refractivity contribution in [2.24, 2.45) is 5.92 Å². The Labute approximate surface area is 174 Å². The van der Waals surface area contributed by atoms with Gasteiger partial charge < -0.3 is 4.74 Å². The summed E-state index contributed by atoms with van der Waals surface area (Å²) in [5.41, 5.74) is 1.39. The summed E-state index contributed by atoms with van der Waals surface area (Å²) in [4.78, 5) is 20.2. The van der Waals surface area contributed by atoms with E-state index in [1.165, 1.54) is 10.4 Å². The number of rotatable bonds is 6. The molecule has 148 valence electrons. The number of aryl methyl sites for hydroxylation is 2. The van der Waals surface area contributed by atoms with E-state index in [1.54, 1.807) is 11.3 Å². The van der Waals surface area contributed by atoms with Gasteiger partial charge in [0.15, 0.2) is 0 Å². The molecule has 1 atom stereocenters. The van der Waals surface area contributed by atoms with E-state index in [0.29, 0.717) is 24.1 Å². The van der Waals surface area contributed by atoms with Crippen molar-refractivity contribution in [2.75, 3.05) is 6.61 Å². The van der Waals surface area contributed by atoms with Crippen LogP contribution in [0.3, 0.4) is 0 Å². The van der Waals surface area contributed by atoms with E-state index in [1.807, 2.05) is 35.8 Å². The third kappa shape index (κ3) is 3.96. The predicted molar refractivity (Wildman–Crippen MR) is 116 cm³/mol. The topological polar surface area (TPSA) is 44.1 Å². The van der Waals surface area contributed by atoms with Crippen molar-refractivity contribution >= 4 is 33.2 Å². The summed E-state index contributed by atoms with van der Waals surface area (Å²) in [6.45, 7) is 5.53. The number of aromatic nitrogens is 2. The highest BCUT2D eigenvalue weighted by Gasteiger charge is 2.23. The molecule has 0 spiro atoms. The number of hydrogen-bond acceptors (Lipinski definition) is 4. The summed E-state index contributed by atoms with van der Waals surface area (Å²) in [7, 11) is 0. The smallest absolute Gasteiger partial charge is 0.262 e. The first-order valence-electron chi connectivity index (χ1n) is 9.93. The van der Waals surface area contributed by atoms with Gasteiger partial charge in [-0.3, -0.25) is 9.36 Å². The SMILES string of the molecule is Cc1nc2sc3c(c2c(=O)n1CCCCOc1ccc(Cl)cc1)CCC(C)C3. The van der Waals surface area contributed by atoms with Gasteiger partial charge >= 0.3 is 0 Å². The maximum Gasteiger partial charge on any atom is 0.262 e. The summed E-state index contributed by atoms with van der Waals surface area (Å²) in [6.07, 6.45) is 5.01. The first-order chi connectivity index (χ1) is 13.5. The van der Waals surface area contributed by atoms with Crippen LogP contribution in [0.2, 0.25) is 5.02 Å². The molecule has 0 fully saturated rings. The summed E-state index contributed by atoms with van der Waals surface area (Å²) in [5, 5.41) is 1.57. The van der Waals surface area contributed by atoms with E-state index in [9.17, 15) is 4.79 Å². The quantitative estimate of drug-likeness (QED) is 0.505. The molecule has 0 N–H and O–H groups in total. The van der Waals surface area contributed by atoms with Gasteiger partial charge in [-0.1, -0.05) is 18.5 Å². The maximum absolute atomic E-state index is 13.2. The maximum atomic E-state index is 13.2. The molecule has 0 saturated carbocycles. The van der Waals surface area contributed by atoms with Gasteiger partial charge in [-0.25, -0.2) is 4.98 Å². The van der Waals surface area contributed by atoms with Crippen molar-refractivity contribution in [3.8, 4) is 5.75 Å². The summed E-state index contributed by atoms with van der Waals surface area (Å²) >= 11 is 7.60. The molecule has 0 radical (unpaired) electrons. The lowest BCUT2D eigenvalue weighted by Crippen LogP contribution is -2.24. The molecule has 0 bridgehead atoms. The van der Waals surface area contributed by atoms with Crippen molar-refractivity contribution in [1.29, 1.82) is 0 Å². The fraction of sp³-hybridized carbons (Fsp3) is 0.455. The van der Waals surface area contributed by atoms with Gasteiger partial charge in [0.2, 0.25) is 0 Å². The molecular weight excluding hydrogens is 392 g/mol. The number of ether oxygens (including phenoxy) is 1. The first-order valence-corrected chi connectivity index (χ1v) is 11.1. The average molecular weight is 417 g/mol. The molecule has 0 amide bonds. The number of benzene rings is 1. The van der Waals surface area contributed by atoms with Gasteiger partial charge in [0.05, 0.1) is 12.0 Å². The van der Waals surface area contributed by atoms with E-state index in [0.717, 1.165) is 53.9 Å². The van der Waals surface area contributed by atoms with Gasteiger partial charge in [0.1, 0.15) is 16.4 Å². The van der Waals surface area contributed by atoms with Crippen LogP contribution in [0, 0.1) is 12.8 Å². The van der Waals surface area contributed by atoms with Crippen molar-refractivity contribution in [1.82, 2.24) is 9.55 Å². The molecule has 1 unspecified atom stereocenters. The summed E-state index contributed by atoms with van der Waals surface area (Å²) in [6, 6.07) is 7.39. The van der Waals surface area contributed by atoms with Gasteiger partial charge in [0, 0.05) is 16.4 Å². The second-order valence-electron chi connectivity index (χ2n) is 7.66. The fourth-order valence-electron chi connectivity index (χ4n) is 3.88. The van der Waals surface area contributed by atoms with E-state index in [-0.39, 0.29) is 5.56 Å². The lowest BCUT2D eigenvalue weighted by Gasteiger charge is -2.17. The molecule has 1 aliphatic rings. The number of halogens is 1. The Morgan fingerprint density at radius 3 is 2.86 bits per heavy atom. The van der Waals surface area contributed by atoms with Crippen LogP contribution in [0.15, 0.2) is 29.1 Å². The zero-order valence-corrected chi connectivity index (χ0v) is 17.9. The summed E-state index contributed by atoms with van der Waals surface area (Å²) in [5.74, 6) is 2.33. The zero-order valence-electron chi connectivity index (χ0n) is 16.3. The van der Waals surface area contributed by atoms with Crippen molar-refractivity contribution in [2.45, 2.75) is 52.5 Å². The molecule has 2 heterocycles. The predicted octanol–water partition coefficient (Wildman–Crippen LogP) is 5.40. The standard InChI is InChI=1S/C22H25ClN2O2S/c1-14-5-10-18-19(13-14)28-21-20(18)22(26)25(15(2)24-21)11-3-4-12-27-17-8-6-16(23)7-9-17/h6-9,14H,3-5,10-13H2,1-2H3. The number of nitrogens with zero attached hydrogens (tertiary/aromatic N) is 2. The third-order valence-corrected chi connectivity index (χ3v) is 6.86. The van der Waals surface area contributed by atoms with E-state index < -0.39 is 0 Å². The number of fused-ring (bicyclic) bond motifs is 3. The van der Waals surface area contributed by atoms with Crippen LogP contribution in [-0.4, -0.2) is 16.2 Å². The Balaban J connectivity index is 1.43. The molecule has 0 aliphatic heterocycles. The molecule has 6 heteroatoms. The largest absolute Gasteiger partial charge is 0.494 e. The van der Waals surface area contributed by atoms with Crippen LogP contribution < -0.4 is 10.3 Å². The lowest BCUT2D eigenvalue weighted by atomic mass is 9.89. The Hall–Kier alpha value is -1.85. The second kappa shape index (κ2) is 8.26. The Kier molecular flexibility index (Phi) is 5.74. The van der Waals surface area contributed by atoms with Crippen molar-refractivity contribution in [3.05, 3.63) is 55.9 Å². The second-order valence-corrected chi connectivity index (χ2v) is 9.18. The zero-order chi connectivity index (χ0) is 19.7. The molecule has 3 aromatic rings. The van der Waals surface area contributed by atoms with Gasteiger partial charge in [-0.2, -0.15) is 0 Å². The average Bonchev–Trinajstić information content (AvgIpc) is 3.02. The van der Waals surface area contributed by atoms with E-state index in [2.05, 4.69) is 6.92 Å². The third-order valence-electron chi connectivity index (χ3n) is 5.46. The highest BCUT2D eigenvalue weighted by atomic mass is 35.5. The Bertz CT molecular complexity index is 1040. The van der Waals surface area contributed by atoms with Crippen LogP contribution >= 0.6 is 22.9 Å². The monoisotopic (exact) mass is 416 g/mol. The molecule has 4 rings (SSSR count). The molecular formula is C22H25ClN2O2S. The Morgan fingerprint density at radius 1 is 1.29 bits per heavy atom. The van der Waals surface area contributed by atoms with Crippen LogP contribution in [-0.2, 0) is 19.4 Å². The fourth-order valence-corrected chi connectivity index (χ4v) is 5.43. The number of hydrogen-bond donors (Lipinski definition) is 0. The molecule has 28 heavy (non-hydrogen) atoms. The van der Waals surface area contributed by atoms with Gasteiger partial charge in [0.25, 0.3) is 5.56 Å². The molecule has 1 aromatic carbocycles. The minimum atomic E-state index is 0.133. The van der Waals surface area contributed by atoms with Crippen LogP contribution in [0.25, 0.3) is 10.2 Å². The number of unbranched alkanes of at least 4 members (excludes halogenated alkanes) is 1. The molecule has 0 saturated heterocycles.